The topological polar surface area (TPSA) is 38.3 Å². The Balaban J connectivity index is 1.78. The van der Waals surface area contributed by atoms with E-state index in [9.17, 15) is 18.0 Å². The van der Waals surface area contributed by atoms with Crippen LogP contribution in [-0.2, 0) is 6.61 Å². The van der Waals surface area contributed by atoms with E-state index in [1.165, 1.54) is 0 Å². The molecule has 0 heterocycles. The molecule has 162 valence electrons. The molecule has 1 N–H and O–H groups in total. The summed E-state index contributed by atoms with van der Waals surface area (Å²) in [5.41, 5.74) is 0.616. The molecule has 0 aliphatic heterocycles. The van der Waals surface area contributed by atoms with Gasteiger partial charge in [-0.2, -0.15) is 0 Å². The van der Waals surface area contributed by atoms with Gasteiger partial charge < -0.3 is 10.1 Å². The first-order valence-corrected chi connectivity index (χ1v) is 10.1. The van der Waals surface area contributed by atoms with Gasteiger partial charge in [0.2, 0.25) is 0 Å². The number of benzene rings is 3. The summed E-state index contributed by atoms with van der Waals surface area (Å²) >= 11 is 0. The van der Waals surface area contributed by atoms with Gasteiger partial charge in [0, 0.05) is 11.1 Å². The molecule has 0 aromatic heterocycles. The van der Waals surface area contributed by atoms with Gasteiger partial charge in [0.15, 0.2) is 11.6 Å². The van der Waals surface area contributed by atoms with Crippen molar-refractivity contribution in [3.8, 4) is 5.75 Å². The molecule has 0 saturated heterocycles. The molecule has 1 unspecified atom stereocenters. The number of ether oxygens (including phenoxy) is 1. The molecule has 3 nitrogen and oxygen atoms in total. The molecule has 31 heavy (non-hydrogen) atoms. The molecule has 0 aliphatic carbocycles. The van der Waals surface area contributed by atoms with Gasteiger partial charge in [0.05, 0.1) is 6.04 Å². The van der Waals surface area contributed by atoms with E-state index in [0.29, 0.717) is 11.3 Å². The van der Waals surface area contributed by atoms with Crippen LogP contribution in [0.4, 0.5) is 13.2 Å². The Morgan fingerprint density at radius 3 is 2.35 bits per heavy atom. The fourth-order valence-corrected chi connectivity index (χ4v) is 3.31. The fourth-order valence-electron chi connectivity index (χ4n) is 3.31. The number of halogens is 3. The van der Waals surface area contributed by atoms with E-state index in [4.69, 9.17) is 4.74 Å². The number of nitrogens with one attached hydrogen (secondary N) is 1. The minimum atomic E-state index is -1.28. The highest BCUT2D eigenvalue weighted by Crippen LogP contribution is 2.28. The maximum absolute atomic E-state index is 14.4. The van der Waals surface area contributed by atoms with E-state index in [2.05, 4.69) is 5.32 Å². The number of amides is 1. The fraction of sp³-hybridized carbons (Fsp3) is 0.240. The van der Waals surface area contributed by atoms with E-state index < -0.39 is 35.0 Å². The van der Waals surface area contributed by atoms with Crippen LogP contribution in [-0.4, -0.2) is 5.91 Å². The van der Waals surface area contributed by atoms with Crippen molar-refractivity contribution in [2.45, 2.75) is 32.9 Å². The van der Waals surface area contributed by atoms with Crippen molar-refractivity contribution in [2.75, 3.05) is 0 Å². The van der Waals surface area contributed by atoms with E-state index in [0.717, 1.165) is 17.7 Å². The molecule has 0 radical (unpaired) electrons. The third kappa shape index (κ3) is 5.87. The van der Waals surface area contributed by atoms with Crippen molar-refractivity contribution in [2.24, 2.45) is 5.92 Å². The highest BCUT2D eigenvalue weighted by molar-refractivity contribution is 5.94. The monoisotopic (exact) mass is 427 g/mol. The summed E-state index contributed by atoms with van der Waals surface area (Å²) in [4.78, 5) is 12.9. The molecule has 1 atom stereocenters. The molecule has 3 aromatic carbocycles. The number of carbonyl (C=O) groups is 1. The van der Waals surface area contributed by atoms with Crippen LogP contribution in [0.2, 0.25) is 0 Å². The first-order chi connectivity index (χ1) is 14.8. The molecular weight excluding hydrogens is 403 g/mol. The summed E-state index contributed by atoms with van der Waals surface area (Å²) in [5.74, 6) is -3.12. The van der Waals surface area contributed by atoms with Gasteiger partial charge in [-0.3, -0.25) is 4.79 Å². The van der Waals surface area contributed by atoms with Gasteiger partial charge in [-0.25, -0.2) is 13.2 Å². The van der Waals surface area contributed by atoms with Crippen LogP contribution in [0.3, 0.4) is 0 Å². The Morgan fingerprint density at radius 1 is 0.935 bits per heavy atom. The Labute approximate surface area is 179 Å². The number of para-hydroxylation sites is 1. The Morgan fingerprint density at radius 2 is 1.65 bits per heavy atom. The SMILES string of the molecule is CC(C)CC(NC(=O)c1cccc(COc2ccccc2)c1)c1c(F)ccc(F)c1F. The minimum Gasteiger partial charge on any atom is -0.489 e. The van der Waals surface area contributed by atoms with Gasteiger partial charge >= 0.3 is 0 Å². The first-order valence-electron chi connectivity index (χ1n) is 10.1. The molecule has 3 aromatic rings. The lowest BCUT2D eigenvalue weighted by atomic mass is 9.95. The smallest absolute Gasteiger partial charge is 0.251 e. The van der Waals surface area contributed by atoms with Crippen molar-refractivity contribution < 1.29 is 22.7 Å². The van der Waals surface area contributed by atoms with Crippen LogP contribution >= 0.6 is 0 Å². The molecule has 3 rings (SSSR count). The van der Waals surface area contributed by atoms with Crippen molar-refractivity contribution in [3.63, 3.8) is 0 Å². The number of hydrogen-bond acceptors (Lipinski definition) is 2. The second kappa shape index (κ2) is 10.2. The highest BCUT2D eigenvalue weighted by Gasteiger charge is 2.25. The van der Waals surface area contributed by atoms with Crippen LogP contribution in [0.1, 0.15) is 47.8 Å². The van der Waals surface area contributed by atoms with E-state index >= 15 is 0 Å². The molecular formula is C25H24F3NO2. The summed E-state index contributed by atoms with van der Waals surface area (Å²) in [7, 11) is 0. The van der Waals surface area contributed by atoms with Crippen LogP contribution in [0.15, 0.2) is 66.7 Å². The molecule has 0 spiro atoms. The third-order valence-corrected chi connectivity index (χ3v) is 4.78. The van der Waals surface area contributed by atoms with Gasteiger partial charge in [-0.15, -0.1) is 0 Å². The average molecular weight is 427 g/mol. The second-order valence-electron chi connectivity index (χ2n) is 7.71. The zero-order valence-electron chi connectivity index (χ0n) is 17.4. The van der Waals surface area contributed by atoms with Gasteiger partial charge in [0.25, 0.3) is 5.91 Å². The third-order valence-electron chi connectivity index (χ3n) is 4.78. The van der Waals surface area contributed by atoms with Crippen molar-refractivity contribution >= 4 is 5.91 Å². The lowest BCUT2D eigenvalue weighted by molar-refractivity contribution is 0.0930. The van der Waals surface area contributed by atoms with E-state index in [1.54, 1.807) is 18.2 Å². The summed E-state index contributed by atoms with van der Waals surface area (Å²) < 4.78 is 48.1. The summed E-state index contributed by atoms with van der Waals surface area (Å²) in [5, 5.41) is 2.66. The second-order valence-corrected chi connectivity index (χ2v) is 7.71. The molecule has 0 aliphatic rings. The molecule has 6 heteroatoms. The summed E-state index contributed by atoms with van der Waals surface area (Å²) in [6, 6.07) is 16.6. The van der Waals surface area contributed by atoms with Crippen molar-refractivity contribution in [3.05, 3.63) is 101 Å². The highest BCUT2D eigenvalue weighted by atomic mass is 19.2. The van der Waals surface area contributed by atoms with E-state index in [-0.39, 0.29) is 18.9 Å². The predicted molar refractivity (Wildman–Crippen MR) is 113 cm³/mol. The van der Waals surface area contributed by atoms with Crippen molar-refractivity contribution in [1.29, 1.82) is 0 Å². The van der Waals surface area contributed by atoms with Crippen molar-refractivity contribution in [1.82, 2.24) is 5.32 Å². The average Bonchev–Trinajstić information content (AvgIpc) is 2.75. The standard InChI is InChI=1S/C25H24F3NO2/c1-16(2)13-22(23-20(26)11-12-21(27)24(23)28)29-25(30)18-8-6-7-17(14-18)15-31-19-9-4-3-5-10-19/h3-12,14,16,22H,13,15H2,1-2H3,(H,29,30). The Kier molecular flexibility index (Phi) is 7.34. The quantitative estimate of drug-likeness (QED) is 0.435. The zero-order valence-corrected chi connectivity index (χ0v) is 17.4. The molecule has 0 fully saturated rings. The van der Waals surface area contributed by atoms with Crippen LogP contribution in [0, 0.1) is 23.4 Å². The molecule has 0 saturated carbocycles. The maximum Gasteiger partial charge on any atom is 0.251 e. The van der Waals surface area contributed by atoms with Crippen LogP contribution < -0.4 is 10.1 Å². The maximum atomic E-state index is 14.4. The Bertz CT molecular complexity index is 1040. The van der Waals surface area contributed by atoms with Gasteiger partial charge in [0.1, 0.15) is 18.2 Å². The lowest BCUT2D eigenvalue weighted by Gasteiger charge is -2.22. The number of rotatable bonds is 8. The minimum absolute atomic E-state index is 0.0120. The number of hydrogen-bond donors (Lipinski definition) is 1. The lowest BCUT2D eigenvalue weighted by Crippen LogP contribution is -2.31. The van der Waals surface area contributed by atoms with Crippen LogP contribution in [0.5, 0.6) is 5.75 Å². The normalized spacial score (nSPS) is 11.9. The number of carbonyl (C=O) groups excluding carboxylic acids is 1. The largest absolute Gasteiger partial charge is 0.489 e. The molecule has 1 amide bonds. The Hall–Kier alpha value is -3.28. The zero-order chi connectivity index (χ0) is 22.4. The summed E-state index contributed by atoms with van der Waals surface area (Å²) in [6.45, 7) is 3.97. The van der Waals surface area contributed by atoms with E-state index in [1.807, 2.05) is 50.2 Å². The molecule has 0 bridgehead atoms. The first kappa shape index (κ1) is 22.4. The van der Waals surface area contributed by atoms with Gasteiger partial charge in [-0.05, 0) is 54.3 Å². The summed E-state index contributed by atoms with van der Waals surface area (Å²) in [6.07, 6.45) is 0.250. The van der Waals surface area contributed by atoms with Gasteiger partial charge in [-0.1, -0.05) is 44.2 Å². The predicted octanol–water partition coefficient (Wildman–Crippen LogP) is 6.20. The van der Waals surface area contributed by atoms with Crippen LogP contribution in [0.25, 0.3) is 0 Å².